The highest BCUT2D eigenvalue weighted by molar-refractivity contribution is 5.94. The number of nitrogens with zero attached hydrogens (tertiary/aromatic N) is 4. The van der Waals surface area contributed by atoms with E-state index in [4.69, 9.17) is 9.47 Å². The maximum Gasteiger partial charge on any atom is 0.248 e. The summed E-state index contributed by atoms with van der Waals surface area (Å²) >= 11 is 0. The second-order valence-corrected chi connectivity index (χ2v) is 6.08. The number of ether oxygens (including phenoxy) is 2. The standard InChI is InChI=1S/C17H19N5O3/c1-10-16-13(21(3)19-10)9-22(20-16)11(2)17(23)18-12-4-5-14-15(8-12)25-7-6-24-14/h4-5,8-9,11H,6-7H2,1-3H3,(H,18,23)/t11-/m1/s1. The molecule has 3 aromatic rings. The topological polar surface area (TPSA) is 83.2 Å². The molecule has 1 aromatic carbocycles. The maximum absolute atomic E-state index is 12.6. The molecule has 1 N–H and O–H groups in total. The lowest BCUT2D eigenvalue weighted by molar-refractivity contribution is -0.119. The van der Waals surface area contributed by atoms with Gasteiger partial charge in [0.2, 0.25) is 5.91 Å². The van der Waals surface area contributed by atoms with Crippen molar-refractivity contribution < 1.29 is 14.3 Å². The van der Waals surface area contributed by atoms with Gasteiger partial charge in [0.25, 0.3) is 0 Å². The van der Waals surface area contributed by atoms with Gasteiger partial charge in [-0.15, -0.1) is 0 Å². The predicted molar refractivity (Wildman–Crippen MR) is 92.0 cm³/mol. The number of anilines is 1. The summed E-state index contributed by atoms with van der Waals surface area (Å²) in [4.78, 5) is 12.6. The first-order valence-electron chi connectivity index (χ1n) is 8.12. The normalized spacial score (nSPS) is 14.5. The van der Waals surface area contributed by atoms with Crippen LogP contribution in [0.3, 0.4) is 0 Å². The van der Waals surface area contributed by atoms with E-state index in [1.165, 1.54) is 0 Å². The summed E-state index contributed by atoms with van der Waals surface area (Å²) in [7, 11) is 1.86. The number of hydrogen-bond acceptors (Lipinski definition) is 5. The molecule has 0 radical (unpaired) electrons. The quantitative estimate of drug-likeness (QED) is 0.788. The molecule has 4 rings (SSSR count). The fourth-order valence-electron chi connectivity index (χ4n) is 2.89. The third-order valence-electron chi connectivity index (χ3n) is 4.29. The van der Waals surface area contributed by atoms with Crippen LogP contribution >= 0.6 is 0 Å². The summed E-state index contributed by atoms with van der Waals surface area (Å²) in [5.41, 5.74) is 3.21. The number of carbonyl (C=O) groups excluding carboxylic acids is 1. The highest BCUT2D eigenvalue weighted by Gasteiger charge is 2.20. The largest absolute Gasteiger partial charge is 0.486 e. The van der Waals surface area contributed by atoms with Crippen LogP contribution in [0.4, 0.5) is 5.69 Å². The Morgan fingerprint density at radius 3 is 2.76 bits per heavy atom. The van der Waals surface area contributed by atoms with Crippen LogP contribution in [0, 0.1) is 6.92 Å². The van der Waals surface area contributed by atoms with E-state index in [1.807, 2.05) is 27.1 Å². The molecule has 0 saturated heterocycles. The molecule has 0 bridgehead atoms. The Kier molecular flexibility index (Phi) is 3.60. The van der Waals surface area contributed by atoms with Crippen molar-refractivity contribution in [3.05, 3.63) is 30.1 Å². The second-order valence-electron chi connectivity index (χ2n) is 6.08. The molecule has 3 heterocycles. The van der Waals surface area contributed by atoms with Crippen molar-refractivity contribution in [2.45, 2.75) is 19.9 Å². The minimum absolute atomic E-state index is 0.157. The average molecular weight is 341 g/mol. The monoisotopic (exact) mass is 341 g/mol. The first kappa shape index (κ1) is 15.5. The molecule has 1 amide bonds. The Balaban J connectivity index is 1.54. The van der Waals surface area contributed by atoms with Crippen molar-refractivity contribution in [3.8, 4) is 11.5 Å². The first-order chi connectivity index (χ1) is 12.0. The molecule has 8 nitrogen and oxygen atoms in total. The summed E-state index contributed by atoms with van der Waals surface area (Å²) in [5.74, 6) is 1.18. The molecule has 1 aliphatic rings. The Morgan fingerprint density at radius 2 is 2.00 bits per heavy atom. The van der Waals surface area contributed by atoms with Crippen LogP contribution in [0.25, 0.3) is 11.0 Å². The molecule has 0 unspecified atom stereocenters. The summed E-state index contributed by atoms with van der Waals surface area (Å²) < 4.78 is 14.5. The van der Waals surface area contributed by atoms with Crippen LogP contribution in [0.2, 0.25) is 0 Å². The van der Waals surface area contributed by atoms with Crippen molar-refractivity contribution in [1.82, 2.24) is 19.6 Å². The number of nitrogens with one attached hydrogen (secondary N) is 1. The van der Waals surface area contributed by atoms with Crippen molar-refractivity contribution in [2.75, 3.05) is 18.5 Å². The number of aromatic nitrogens is 4. The Labute approximate surface area is 144 Å². The Bertz CT molecular complexity index is 924. The molecule has 0 fully saturated rings. The first-order valence-corrected chi connectivity index (χ1v) is 8.12. The molecule has 25 heavy (non-hydrogen) atoms. The predicted octanol–water partition coefficient (Wildman–Crippen LogP) is 2.05. The number of carbonyl (C=O) groups is 1. The summed E-state index contributed by atoms with van der Waals surface area (Å²) in [6.45, 7) is 4.76. The number of aryl methyl sites for hydroxylation is 2. The lowest BCUT2D eigenvalue weighted by Gasteiger charge is -2.19. The van der Waals surface area contributed by atoms with Crippen molar-refractivity contribution >= 4 is 22.6 Å². The van der Waals surface area contributed by atoms with Gasteiger partial charge in [-0.25, -0.2) is 0 Å². The van der Waals surface area contributed by atoms with Crippen molar-refractivity contribution in [1.29, 1.82) is 0 Å². The van der Waals surface area contributed by atoms with E-state index in [-0.39, 0.29) is 5.91 Å². The van der Waals surface area contributed by atoms with Crippen molar-refractivity contribution in [3.63, 3.8) is 0 Å². The minimum atomic E-state index is -0.458. The zero-order valence-electron chi connectivity index (χ0n) is 14.3. The van der Waals surface area contributed by atoms with Crippen molar-refractivity contribution in [2.24, 2.45) is 7.05 Å². The zero-order chi connectivity index (χ0) is 17.6. The number of benzene rings is 1. The van der Waals surface area contributed by atoms with E-state index in [1.54, 1.807) is 27.6 Å². The van der Waals surface area contributed by atoms with Crippen LogP contribution in [0.5, 0.6) is 11.5 Å². The Morgan fingerprint density at radius 1 is 1.24 bits per heavy atom. The van der Waals surface area contributed by atoms with Gasteiger partial charge in [0.05, 0.1) is 11.9 Å². The minimum Gasteiger partial charge on any atom is -0.486 e. The molecule has 1 atom stereocenters. The number of rotatable bonds is 3. The van der Waals surface area contributed by atoms with E-state index in [2.05, 4.69) is 15.5 Å². The maximum atomic E-state index is 12.6. The van der Waals surface area contributed by atoms with Gasteiger partial charge < -0.3 is 14.8 Å². The van der Waals surface area contributed by atoms with E-state index < -0.39 is 6.04 Å². The molecule has 0 aliphatic carbocycles. The zero-order valence-corrected chi connectivity index (χ0v) is 14.3. The number of hydrogen-bond donors (Lipinski definition) is 1. The van der Waals surface area contributed by atoms with Crippen LogP contribution in [-0.2, 0) is 11.8 Å². The molecule has 1 aliphatic heterocycles. The smallest absolute Gasteiger partial charge is 0.248 e. The molecule has 0 saturated carbocycles. The van der Waals surface area contributed by atoms with Crippen LogP contribution < -0.4 is 14.8 Å². The molecule has 8 heteroatoms. The van der Waals surface area contributed by atoms with Gasteiger partial charge in [-0.05, 0) is 26.0 Å². The third-order valence-corrected chi connectivity index (χ3v) is 4.29. The lowest BCUT2D eigenvalue weighted by atomic mass is 10.2. The van der Waals surface area contributed by atoms with E-state index in [9.17, 15) is 4.79 Å². The summed E-state index contributed by atoms with van der Waals surface area (Å²) in [6, 6.07) is 4.91. The van der Waals surface area contributed by atoms with Gasteiger partial charge >= 0.3 is 0 Å². The second kappa shape index (κ2) is 5.80. The van der Waals surface area contributed by atoms with Crippen LogP contribution in [0.1, 0.15) is 18.7 Å². The van der Waals surface area contributed by atoms with Gasteiger partial charge in [0.1, 0.15) is 30.3 Å². The van der Waals surface area contributed by atoms with Gasteiger partial charge in [0, 0.05) is 18.8 Å². The number of amides is 1. The highest BCUT2D eigenvalue weighted by Crippen LogP contribution is 2.32. The molecule has 130 valence electrons. The van der Waals surface area contributed by atoms with Crippen LogP contribution in [-0.4, -0.2) is 38.7 Å². The van der Waals surface area contributed by atoms with Gasteiger partial charge in [-0.1, -0.05) is 0 Å². The van der Waals surface area contributed by atoms with Crippen LogP contribution in [0.15, 0.2) is 24.4 Å². The summed E-state index contributed by atoms with van der Waals surface area (Å²) in [5, 5.41) is 11.7. The molecular formula is C17H19N5O3. The lowest BCUT2D eigenvalue weighted by Crippen LogP contribution is -2.24. The van der Waals surface area contributed by atoms with Gasteiger partial charge in [-0.3, -0.25) is 14.2 Å². The van der Waals surface area contributed by atoms with E-state index in [0.29, 0.717) is 30.4 Å². The average Bonchev–Trinajstić information content (AvgIpc) is 3.16. The van der Waals surface area contributed by atoms with E-state index in [0.717, 1.165) is 16.7 Å². The summed E-state index contributed by atoms with van der Waals surface area (Å²) in [6.07, 6.45) is 1.84. The Hall–Kier alpha value is -3.03. The van der Waals surface area contributed by atoms with Gasteiger partial charge in [0.15, 0.2) is 11.5 Å². The fraction of sp³-hybridized carbons (Fsp3) is 0.353. The SMILES string of the molecule is Cc1nn(C)c2cn([C@H](C)C(=O)Nc3ccc4c(c3)OCCO4)nc12. The molecular weight excluding hydrogens is 322 g/mol. The third kappa shape index (κ3) is 2.69. The van der Waals surface area contributed by atoms with E-state index >= 15 is 0 Å². The van der Waals surface area contributed by atoms with Gasteiger partial charge in [-0.2, -0.15) is 10.2 Å². The highest BCUT2D eigenvalue weighted by atomic mass is 16.6. The fourth-order valence-corrected chi connectivity index (χ4v) is 2.89. The number of fused-ring (bicyclic) bond motifs is 2. The molecule has 0 spiro atoms. The molecule has 2 aromatic heterocycles.